The number of rotatable bonds is 4. The van der Waals surface area contributed by atoms with Gasteiger partial charge in [0.2, 0.25) is 5.56 Å². The van der Waals surface area contributed by atoms with Crippen LogP contribution in [0.3, 0.4) is 0 Å². The summed E-state index contributed by atoms with van der Waals surface area (Å²) in [5, 5.41) is 0. The number of nitrogens with one attached hydrogen (secondary N) is 2. The van der Waals surface area contributed by atoms with Crippen molar-refractivity contribution >= 4 is 21.4 Å². The zero-order chi connectivity index (χ0) is 15.6. The minimum Gasteiger partial charge on any atom is -0.372 e. The zero-order valence-electron chi connectivity index (χ0n) is 12.0. The minimum atomic E-state index is -3.70. The summed E-state index contributed by atoms with van der Waals surface area (Å²) in [5.41, 5.74) is 1.26. The molecule has 1 saturated heterocycles. The van der Waals surface area contributed by atoms with Crippen molar-refractivity contribution in [3.05, 3.63) is 52.9 Å². The third-order valence-corrected chi connectivity index (χ3v) is 5.04. The van der Waals surface area contributed by atoms with Gasteiger partial charge in [-0.3, -0.25) is 9.52 Å². The van der Waals surface area contributed by atoms with Crippen LogP contribution in [0, 0.1) is 0 Å². The number of hydrogen-bond donors (Lipinski definition) is 2. The standard InChI is InChI=1S/C15H17N3O3S/c19-15-8-7-14(11-16-15)22(20,21)17-12-3-5-13(6-4-12)18-9-1-2-10-18/h3-8,11,17H,1-2,9-10H2,(H,16,19). The first-order valence-electron chi connectivity index (χ1n) is 7.11. The van der Waals surface area contributed by atoms with E-state index in [4.69, 9.17) is 0 Å². The summed E-state index contributed by atoms with van der Waals surface area (Å²) in [6.45, 7) is 2.09. The number of anilines is 2. The van der Waals surface area contributed by atoms with Crippen LogP contribution in [0.15, 0.2) is 52.3 Å². The molecule has 1 fully saturated rings. The molecule has 3 rings (SSSR count). The molecule has 22 heavy (non-hydrogen) atoms. The third kappa shape index (κ3) is 3.14. The molecule has 2 N–H and O–H groups in total. The molecule has 0 saturated carbocycles. The van der Waals surface area contributed by atoms with Gasteiger partial charge in [-0.25, -0.2) is 8.42 Å². The summed E-state index contributed by atoms with van der Waals surface area (Å²) in [7, 11) is -3.70. The highest BCUT2D eigenvalue weighted by molar-refractivity contribution is 7.92. The number of aromatic nitrogens is 1. The summed E-state index contributed by atoms with van der Waals surface area (Å²) in [5.74, 6) is 0. The molecule has 1 aromatic carbocycles. The van der Waals surface area contributed by atoms with Gasteiger partial charge in [0, 0.05) is 36.7 Å². The minimum absolute atomic E-state index is 0.0238. The summed E-state index contributed by atoms with van der Waals surface area (Å²) in [6.07, 6.45) is 3.57. The molecule has 116 valence electrons. The predicted molar refractivity (Wildman–Crippen MR) is 85.8 cm³/mol. The molecule has 0 amide bonds. The Morgan fingerprint density at radius 3 is 2.27 bits per heavy atom. The molecule has 1 aliphatic heterocycles. The van der Waals surface area contributed by atoms with Gasteiger partial charge in [0.25, 0.3) is 10.0 Å². The smallest absolute Gasteiger partial charge is 0.263 e. The van der Waals surface area contributed by atoms with E-state index < -0.39 is 10.0 Å². The molecule has 0 unspecified atom stereocenters. The van der Waals surface area contributed by atoms with Crippen LogP contribution in [0.5, 0.6) is 0 Å². The Morgan fingerprint density at radius 2 is 1.68 bits per heavy atom. The van der Waals surface area contributed by atoms with Crippen molar-refractivity contribution in [2.24, 2.45) is 0 Å². The molecule has 0 atom stereocenters. The van der Waals surface area contributed by atoms with E-state index in [9.17, 15) is 13.2 Å². The topological polar surface area (TPSA) is 82.3 Å². The first-order valence-corrected chi connectivity index (χ1v) is 8.59. The lowest BCUT2D eigenvalue weighted by atomic mass is 10.2. The summed E-state index contributed by atoms with van der Waals surface area (Å²) in [4.78, 5) is 15.7. The van der Waals surface area contributed by atoms with Gasteiger partial charge in [-0.05, 0) is 43.2 Å². The number of pyridine rings is 1. The SMILES string of the molecule is O=c1ccc(S(=O)(=O)Nc2ccc(N3CCCC3)cc2)c[nH]1. The van der Waals surface area contributed by atoms with Crippen molar-refractivity contribution in [3.8, 4) is 0 Å². The fourth-order valence-electron chi connectivity index (χ4n) is 2.49. The Labute approximate surface area is 128 Å². The van der Waals surface area contributed by atoms with Crippen LogP contribution >= 0.6 is 0 Å². The average molecular weight is 319 g/mol. The molecule has 0 aliphatic carbocycles. The van der Waals surface area contributed by atoms with E-state index >= 15 is 0 Å². The van der Waals surface area contributed by atoms with Gasteiger partial charge in [-0.15, -0.1) is 0 Å². The molecular weight excluding hydrogens is 302 g/mol. The monoisotopic (exact) mass is 319 g/mol. The second kappa shape index (κ2) is 5.84. The van der Waals surface area contributed by atoms with E-state index in [0.717, 1.165) is 18.8 Å². The molecule has 2 aromatic rings. The van der Waals surface area contributed by atoms with E-state index in [0.29, 0.717) is 5.69 Å². The fraction of sp³-hybridized carbons (Fsp3) is 0.267. The van der Waals surface area contributed by atoms with Crippen LogP contribution in [-0.4, -0.2) is 26.5 Å². The molecule has 1 aromatic heterocycles. The Morgan fingerprint density at radius 1 is 1.00 bits per heavy atom. The average Bonchev–Trinajstić information content (AvgIpc) is 3.02. The number of aromatic amines is 1. The van der Waals surface area contributed by atoms with Gasteiger partial charge in [0.1, 0.15) is 4.90 Å². The van der Waals surface area contributed by atoms with E-state index in [1.165, 1.54) is 31.2 Å². The van der Waals surface area contributed by atoms with Crippen molar-refractivity contribution < 1.29 is 8.42 Å². The van der Waals surface area contributed by atoms with Crippen LogP contribution < -0.4 is 15.2 Å². The molecule has 1 aliphatic rings. The van der Waals surface area contributed by atoms with Crippen molar-refractivity contribution in [2.75, 3.05) is 22.7 Å². The van der Waals surface area contributed by atoms with E-state index in [1.807, 2.05) is 12.1 Å². The number of benzene rings is 1. The Kier molecular flexibility index (Phi) is 3.89. The highest BCUT2D eigenvalue weighted by atomic mass is 32.2. The maximum absolute atomic E-state index is 12.2. The lowest BCUT2D eigenvalue weighted by molar-refractivity contribution is 0.600. The summed E-state index contributed by atoms with van der Waals surface area (Å²) in [6, 6.07) is 9.78. The van der Waals surface area contributed by atoms with Gasteiger partial charge < -0.3 is 9.88 Å². The van der Waals surface area contributed by atoms with Crippen LogP contribution in [0.2, 0.25) is 0 Å². The first-order chi connectivity index (χ1) is 10.5. The summed E-state index contributed by atoms with van der Waals surface area (Å²) < 4.78 is 26.9. The lowest BCUT2D eigenvalue weighted by Gasteiger charge is -2.18. The lowest BCUT2D eigenvalue weighted by Crippen LogP contribution is -2.18. The number of H-pyrrole nitrogens is 1. The van der Waals surface area contributed by atoms with Gasteiger partial charge >= 0.3 is 0 Å². The molecular formula is C15H17N3O3S. The largest absolute Gasteiger partial charge is 0.372 e. The first kappa shape index (κ1) is 14.6. The van der Waals surface area contributed by atoms with Crippen LogP contribution in [-0.2, 0) is 10.0 Å². The molecule has 0 bridgehead atoms. The van der Waals surface area contributed by atoms with Crippen molar-refractivity contribution in [2.45, 2.75) is 17.7 Å². The molecule has 0 radical (unpaired) electrons. The number of sulfonamides is 1. The summed E-state index contributed by atoms with van der Waals surface area (Å²) >= 11 is 0. The fourth-order valence-corrected chi connectivity index (χ4v) is 3.52. The van der Waals surface area contributed by atoms with Crippen molar-refractivity contribution in [3.63, 3.8) is 0 Å². The molecule has 2 heterocycles. The van der Waals surface area contributed by atoms with Crippen molar-refractivity contribution in [1.29, 1.82) is 0 Å². The van der Waals surface area contributed by atoms with Gasteiger partial charge in [-0.2, -0.15) is 0 Å². The van der Waals surface area contributed by atoms with Gasteiger partial charge in [0.05, 0.1) is 0 Å². The van der Waals surface area contributed by atoms with Gasteiger partial charge in [0.15, 0.2) is 0 Å². The Balaban J connectivity index is 1.77. The zero-order valence-corrected chi connectivity index (χ0v) is 12.8. The third-order valence-electron chi connectivity index (χ3n) is 3.66. The second-order valence-corrected chi connectivity index (χ2v) is 6.92. The quantitative estimate of drug-likeness (QED) is 0.900. The number of hydrogen-bond acceptors (Lipinski definition) is 4. The molecule has 7 heteroatoms. The Bertz CT molecular complexity index is 786. The highest BCUT2D eigenvalue weighted by Crippen LogP contribution is 2.23. The second-order valence-electron chi connectivity index (χ2n) is 5.24. The highest BCUT2D eigenvalue weighted by Gasteiger charge is 2.15. The number of nitrogens with zero attached hydrogens (tertiary/aromatic N) is 1. The normalized spacial score (nSPS) is 15.0. The van der Waals surface area contributed by atoms with E-state index in [2.05, 4.69) is 14.6 Å². The van der Waals surface area contributed by atoms with E-state index in [1.54, 1.807) is 12.1 Å². The molecule has 6 nitrogen and oxygen atoms in total. The predicted octanol–water partition coefficient (Wildman–Crippen LogP) is 1.78. The van der Waals surface area contributed by atoms with Crippen LogP contribution in [0.25, 0.3) is 0 Å². The van der Waals surface area contributed by atoms with Crippen LogP contribution in [0.4, 0.5) is 11.4 Å². The van der Waals surface area contributed by atoms with Crippen molar-refractivity contribution in [1.82, 2.24) is 4.98 Å². The Hall–Kier alpha value is -2.28. The molecule has 0 spiro atoms. The maximum Gasteiger partial charge on any atom is 0.263 e. The van der Waals surface area contributed by atoms with Crippen LogP contribution in [0.1, 0.15) is 12.8 Å². The maximum atomic E-state index is 12.2. The van der Waals surface area contributed by atoms with E-state index in [-0.39, 0.29) is 10.5 Å². The van der Waals surface area contributed by atoms with Gasteiger partial charge in [-0.1, -0.05) is 0 Å².